The van der Waals surface area contributed by atoms with Crippen molar-refractivity contribution < 1.29 is 5.11 Å². The van der Waals surface area contributed by atoms with Crippen molar-refractivity contribution in [3.8, 4) is 0 Å². The molecule has 0 aliphatic heterocycles. The smallest absolute Gasteiger partial charge is 0.0762 e. The Kier molecular flexibility index (Phi) is 5.29. The Morgan fingerprint density at radius 3 is 2.35 bits per heavy atom. The molecule has 1 rings (SSSR count). The molecule has 2 nitrogen and oxygen atoms in total. The molecule has 0 aliphatic rings. The van der Waals surface area contributed by atoms with E-state index in [1.807, 2.05) is 18.2 Å². The second-order valence-electron chi connectivity index (χ2n) is 4.82. The molecule has 1 aromatic rings. The molecule has 1 N–H and O–H groups in total. The second kappa shape index (κ2) is 6.27. The van der Waals surface area contributed by atoms with Crippen molar-refractivity contribution in [1.82, 2.24) is 0 Å². The van der Waals surface area contributed by atoms with Crippen LogP contribution in [0, 0.1) is 5.92 Å². The van der Waals surface area contributed by atoms with Crippen LogP contribution in [0.5, 0.6) is 0 Å². The van der Waals surface area contributed by atoms with E-state index in [9.17, 15) is 5.11 Å². The van der Waals surface area contributed by atoms with Crippen LogP contribution in [0.2, 0.25) is 5.02 Å². The van der Waals surface area contributed by atoms with E-state index in [-0.39, 0.29) is 0 Å². The summed E-state index contributed by atoms with van der Waals surface area (Å²) in [6, 6.07) is 5.79. The fourth-order valence-electron chi connectivity index (χ4n) is 1.88. The van der Waals surface area contributed by atoms with Crippen LogP contribution in [0.25, 0.3) is 0 Å². The maximum absolute atomic E-state index is 9.51. The summed E-state index contributed by atoms with van der Waals surface area (Å²) >= 11 is 6.28. The fourth-order valence-corrected chi connectivity index (χ4v) is 2.19. The number of benzene rings is 1. The summed E-state index contributed by atoms with van der Waals surface area (Å²) in [7, 11) is 0. The minimum absolute atomic E-state index is 0.471. The third-order valence-electron chi connectivity index (χ3n) is 2.76. The van der Waals surface area contributed by atoms with Gasteiger partial charge in [-0.15, -0.1) is 0 Å². The van der Waals surface area contributed by atoms with Gasteiger partial charge in [0.05, 0.1) is 16.8 Å². The van der Waals surface area contributed by atoms with Gasteiger partial charge >= 0.3 is 0 Å². The molecule has 1 aromatic carbocycles. The molecule has 0 aliphatic carbocycles. The molecule has 17 heavy (non-hydrogen) atoms. The highest BCUT2D eigenvalue weighted by molar-refractivity contribution is 6.33. The van der Waals surface area contributed by atoms with E-state index in [1.54, 1.807) is 6.92 Å². The molecule has 0 saturated heterocycles. The van der Waals surface area contributed by atoms with Crippen LogP contribution < -0.4 is 4.90 Å². The van der Waals surface area contributed by atoms with Gasteiger partial charge in [0.25, 0.3) is 0 Å². The monoisotopic (exact) mass is 255 g/mol. The Morgan fingerprint density at radius 1 is 1.29 bits per heavy atom. The molecule has 0 spiro atoms. The van der Waals surface area contributed by atoms with Crippen LogP contribution in [0.4, 0.5) is 5.69 Å². The highest BCUT2D eigenvalue weighted by Crippen LogP contribution is 2.29. The first-order valence-electron chi connectivity index (χ1n) is 6.18. The lowest BCUT2D eigenvalue weighted by Gasteiger charge is -2.26. The zero-order valence-electron chi connectivity index (χ0n) is 11.1. The summed E-state index contributed by atoms with van der Waals surface area (Å²) in [5.41, 5.74) is 1.91. The highest BCUT2D eigenvalue weighted by Gasteiger charge is 2.12. The molecule has 3 heteroatoms. The van der Waals surface area contributed by atoms with E-state index >= 15 is 0 Å². The van der Waals surface area contributed by atoms with Crippen LogP contribution in [0.15, 0.2) is 18.2 Å². The van der Waals surface area contributed by atoms with Gasteiger partial charge in [0.2, 0.25) is 0 Å². The average molecular weight is 256 g/mol. The van der Waals surface area contributed by atoms with Gasteiger partial charge in [-0.2, -0.15) is 0 Å². The molecule has 1 atom stereocenters. The number of halogens is 1. The minimum Gasteiger partial charge on any atom is -0.389 e. The van der Waals surface area contributed by atoms with Crippen molar-refractivity contribution in [3.63, 3.8) is 0 Å². The molecule has 0 heterocycles. The number of hydrogen-bond acceptors (Lipinski definition) is 2. The summed E-state index contributed by atoms with van der Waals surface area (Å²) in [4.78, 5) is 2.26. The van der Waals surface area contributed by atoms with Gasteiger partial charge in [0, 0.05) is 13.1 Å². The van der Waals surface area contributed by atoms with E-state index in [1.165, 1.54) is 0 Å². The van der Waals surface area contributed by atoms with Crippen molar-refractivity contribution in [2.75, 3.05) is 18.0 Å². The molecule has 0 fully saturated rings. The molecular weight excluding hydrogens is 234 g/mol. The van der Waals surface area contributed by atoms with Crippen LogP contribution in [0.3, 0.4) is 0 Å². The first-order chi connectivity index (χ1) is 7.95. The standard InChI is InChI=1S/C14H22ClNO/c1-5-16(9-10(2)3)14-7-6-12(11(4)17)8-13(14)15/h6-8,10-11,17H,5,9H2,1-4H3. The first kappa shape index (κ1) is 14.3. The predicted octanol–water partition coefficient (Wildman–Crippen LogP) is 3.88. The Labute approximate surface area is 109 Å². The maximum atomic E-state index is 9.51. The van der Waals surface area contributed by atoms with Crippen molar-refractivity contribution in [3.05, 3.63) is 28.8 Å². The second-order valence-corrected chi connectivity index (χ2v) is 5.23. The lowest BCUT2D eigenvalue weighted by atomic mass is 10.1. The van der Waals surface area contributed by atoms with Crippen molar-refractivity contribution in [1.29, 1.82) is 0 Å². The summed E-state index contributed by atoms with van der Waals surface area (Å²) in [5.74, 6) is 0.599. The SMILES string of the molecule is CCN(CC(C)C)c1ccc(C(C)O)cc1Cl. The summed E-state index contributed by atoms with van der Waals surface area (Å²) in [5, 5.41) is 10.2. The van der Waals surface area contributed by atoms with E-state index in [2.05, 4.69) is 25.7 Å². The average Bonchev–Trinajstić information content (AvgIpc) is 2.25. The third kappa shape index (κ3) is 3.90. The fraction of sp³-hybridized carbons (Fsp3) is 0.571. The minimum atomic E-state index is -0.471. The number of anilines is 1. The summed E-state index contributed by atoms with van der Waals surface area (Å²) < 4.78 is 0. The number of rotatable bonds is 5. The summed E-state index contributed by atoms with van der Waals surface area (Å²) in [6.07, 6.45) is -0.471. The lowest BCUT2D eigenvalue weighted by molar-refractivity contribution is 0.199. The van der Waals surface area contributed by atoms with E-state index in [0.29, 0.717) is 10.9 Å². The number of nitrogens with zero attached hydrogens (tertiary/aromatic N) is 1. The van der Waals surface area contributed by atoms with Gasteiger partial charge in [-0.25, -0.2) is 0 Å². The maximum Gasteiger partial charge on any atom is 0.0762 e. The number of hydrogen-bond donors (Lipinski definition) is 1. The topological polar surface area (TPSA) is 23.5 Å². The van der Waals surface area contributed by atoms with Crippen LogP contribution >= 0.6 is 11.6 Å². The number of aliphatic hydroxyl groups is 1. The molecule has 96 valence electrons. The van der Waals surface area contributed by atoms with E-state index in [0.717, 1.165) is 24.3 Å². The van der Waals surface area contributed by atoms with Crippen LogP contribution in [0.1, 0.15) is 39.4 Å². The van der Waals surface area contributed by atoms with Crippen molar-refractivity contribution in [2.24, 2.45) is 5.92 Å². The van der Waals surface area contributed by atoms with Gasteiger partial charge in [-0.1, -0.05) is 31.5 Å². The zero-order valence-corrected chi connectivity index (χ0v) is 11.8. The van der Waals surface area contributed by atoms with Crippen molar-refractivity contribution in [2.45, 2.75) is 33.8 Å². The van der Waals surface area contributed by atoms with Gasteiger partial charge in [-0.3, -0.25) is 0 Å². The molecule has 0 saturated carbocycles. The zero-order chi connectivity index (χ0) is 13.0. The van der Waals surface area contributed by atoms with Crippen molar-refractivity contribution >= 4 is 17.3 Å². The summed E-state index contributed by atoms with van der Waals surface area (Å²) in [6.45, 7) is 10.2. The lowest BCUT2D eigenvalue weighted by Crippen LogP contribution is -2.27. The normalized spacial score (nSPS) is 12.9. The molecule has 0 aromatic heterocycles. The quantitative estimate of drug-likeness (QED) is 0.863. The van der Waals surface area contributed by atoms with Crippen LogP contribution in [-0.2, 0) is 0 Å². The largest absolute Gasteiger partial charge is 0.389 e. The third-order valence-corrected chi connectivity index (χ3v) is 3.06. The van der Waals surface area contributed by atoms with Gasteiger partial charge in [-0.05, 0) is 37.5 Å². The van der Waals surface area contributed by atoms with E-state index in [4.69, 9.17) is 11.6 Å². The molecule has 0 bridgehead atoms. The Balaban J connectivity index is 2.96. The predicted molar refractivity (Wildman–Crippen MR) is 74.8 cm³/mol. The first-order valence-corrected chi connectivity index (χ1v) is 6.56. The van der Waals surface area contributed by atoms with E-state index < -0.39 is 6.10 Å². The van der Waals surface area contributed by atoms with Gasteiger partial charge < -0.3 is 10.0 Å². The van der Waals surface area contributed by atoms with Gasteiger partial charge in [0.1, 0.15) is 0 Å². The molecule has 0 amide bonds. The number of aliphatic hydroxyl groups excluding tert-OH is 1. The van der Waals surface area contributed by atoms with Crippen LogP contribution in [-0.4, -0.2) is 18.2 Å². The van der Waals surface area contributed by atoms with Gasteiger partial charge in [0.15, 0.2) is 0 Å². The molecule has 1 unspecified atom stereocenters. The Bertz CT molecular complexity index is 363. The highest BCUT2D eigenvalue weighted by atomic mass is 35.5. The Hall–Kier alpha value is -0.730. The molecule has 0 radical (unpaired) electrons. The molecular formula is C14H22ClNO. The Morgan fingerprint density at radius 2 is 1.94 bits per heavy atom.